The number of nitrogens with one attached hydrogen (secondary N) is 4. The molecule has 2 heterocycles. The smallest absolute Gasteiger partial charge is 0.332 e. The Hall–Kier alpha value is -5.21. The summed E-state index contributed by atoms with van der Waals surface area (Å²) in [5.41, 5.74) is 0.302. The van der Waals surface area contributed by atoms with E-state index in [1.54, 1.807) is 30.3 Å². The fraction of sp³-hybridized carbons (Fsp3) is 0. The summed E-state index contributed by atoms with van der Waals surface area (Å²) >= 11 is 5.21. The quantitative estimate of drug-likeness (QED) is 0.223. The maximum Gasteiger partial charge on any atom is 0.333 e. The molecule has 5 rings (SSSR count). The number of amides is 1. The molecule has 2 aromatic heterocycles. The fourth-order valence-electron chi connectivity index (χ4n) is 3.74. The van der Waals surface area contributed by atoms with Crippen LogP contribution < -0.4 is 26.6 Å². The minimum atomic E-state index is -3.90. The second kappa shape index (κ2) is 10.9. The molecule has 0 atom stereocenters. The normalized spacial score (nSPS) is 11.1. The Kier molecular flexibility index (Phi) is 7.18. The second-order valence-corrected chi connectivity index (χ2v) is 10.4. The number of carbonyl (C=O) groups excluding carboxylic acids is 1. The molecule has 0 fully saturated rings. The van der Waals surface area contributed by atoms with Crippen LogP contribution in [0.1, 0.15) is 10.4 Å². The van der Waals surface area contributed by atoms with Crippen molar-refractivity contribution in [3.8, 4) is 5.69 Å². The molecule has 200 valence electrons. The number of anilines is 2. The Morgan fingerprint density at radius 1 is 0.875 bits per heavy atom. The van der Waals surface area contributed by atoms with Crippen molar-refractivity contribution in [1.82, 2.24) is 24.8 Å². The summed E-state index contributed by atoms with van der Waals surface area (Å²) in [5, 5.41) is 5.66. The Morgan fingerprint density at radius 2 is 1.55 bits per heavy atom. The molecule has 0 aliphatic rings. The van der Waals surface area contributed by atoms with Crippen LogP contribution in [0.5, 0.6) is 0 Å². The summed E-state index contributed by atoms with van der Waals surface area (Å²) in [6.45, 7) is 0. The summed E-state index contributed by atoms with van der Waals surface area (Å²) in [7, 11) is -3.90. The van der Waals surface area contributed by atoms with E-state index in [9.17, 15) is 22.8 Å². The lowest BCUT2D eigenvalue weighted by Gasteiger charge is -2.11. The third kappa shape index (κ3) is 5.62. The molecule has 0 saturated heterocycles. The van der Waals surface area contributed by atoms with E-state index in [0.717, 1.165) is 4.57 Å². The molecule has 0 aliphatic carbocycles. The molecule has 14 heteroatoms. The number of aromatic nitrogens is 4. The first kappa shape index (κ1) is 26.4. The first-order valence-electron chi connectivity index (χ1n) is 11.6. The summed E-state index contributed by atoms with van der Waals surface area (Å²) in [5.74, 6) is -0.590. The number of nitrogens with zero attached hydrogens (tertiary/aromatic N) is 3. The van der Waals surface area contributed by atoms with Gasteiger partial charge in [0.1, 0.15) is 0 Å². The highest BCUT2D eigenvalue weighted by Gasteiger charge is 2.16. The first-order valence-corrected chi connectivity index (χ1v) is 13.5. The van der Waals surface area contributed by atoms with E-state index >= 15 is 0 Å². The van der Waals surface area contributed by atoms with Crippen molar-refractivity contribution in [2.45, 2.75) is 4.90 Å². The molecule has 3 aromatic carbocycles. The SMILES string of the molecule is O=C(NC(=S)Nc1ccc(S(=O)(=O)Nc2ncccn2)cc1)c1ccc(-n2c(=O)[nH]c3ccccc3c2=O)cc1. The van der Waals surface area contributed by atoms with Gasteiger partial charge in [0.15, 0.2) is 5.11 Å². The highest BCUT2D eigenvalue weighted by atomic mass is 32.2. The monoisotopic (exact) mass is 573 g/mol. The molecule has 0 aliphatic heterocycles. The van der Waals surface area contributed by atoms with Crippen LogP contribution in [0.4, 0.5) is 11.6 Å². The zero-order chi connectivity index (χ0) is 28.3. The van der Waals surface area contributed by atoms with E-state index in [-0.39, 0.29) is 27.2 Å². The maximum absolute atomic E-state index is 12.8. The minimum absolute atomic E-state index is 0.0232. The molecule has 0 radical (unpaired) electrons. The number of hydrogen-bond donors (Lipinski definition) is 4. The zero-order valence-electron chi connectivity index (χ0n) is 20.4. The average Bonchev–Trinajstić information content (AvgIpc) is 2.94. The predicted octanol–water partition coefficient (Wildman–Crippen LogP) is 2.40. The Balaban J connectivity index is 1.24. The van der Waals surface area contributed by atoms with E-state index in [1.165, 1.54) is 60.9 Å². The van der Waals surface area contributed by atoms with Crippen molar-refractivity contribution < 1.29 is 13.2 Å². The predicted molar refractivity (Wildman–Crippen MR) is 153 cm³/mol. The van der Waals surface area contributed by atoms with Gasteiger partial charge in [-0.3, -0.25) is 14.9 Å². The Labute approximate surface area is 231 Å². The van der Waals surface area contributed by atoms with Crippen LogP contribution in [-0.2, 0) is 10.0 Å². The molecule has 1 amide bonds. The van der Waals surface area contributed by atoms with Crippen LogP contribution in [0, 0.1) is 0 Å². The third-order valence-corrected chi connectivity index (χ3v) is 7.18. The number of aromatic amines is 1. The van der Waals surface area contributed by atoms with Crippen LogP contribution in [0.25, 0.3) is 16.6 Å². The van der Waals surface area contributed by atoms with Gasteiger partial charge in [-0.15, -0.1) is 0 Å². The summed E-state index contributed by atoms with van der Waals surface area (Å²) in [6, 6.07) is 19.8. The summed E-state index contributed by atoms with van der Waals surface area (Å²) in [6.07, 6.45) is 2.82. The number of para-hydroxylation sites is 1. The van der Waals surface area contributed by atoms with Crippen LogP contribution in [-0.4, -0.2) is 39.0 Å². The van der Waals surface area contributed by atoms with Crippen molar-refractivity contribution in [3.63, 3.8) is 0 Å². The van der Waals surface area contributed by atoms with E-state index in [4.69, 9.17) is 12.2 Å². The maximum atomic E-state index is 12.8. The molecule has 0 saturated carbocycles. The number of thiocarbonyl (C=S) groups is 1. The Morgan fingerprint density at radius 3 is 2.25 bits per heavy atom. The molecule has 0 spiro atoms. The molecule has 5 aromatic rings. The van der Waals surface area contributed by atoms with E-state index in [2.05, 4.69) is 30.3 Å². The van der Waals surface area contributed by atoms with Gasteiger partial charge < -0.3 is 10.3 Å². The Bertz CT molecular complexity index is 1960. The van der Waals surface area contributed by atoms with Gasteiger partial charge in [-0.2, -0.15) is 0 Å². The molecular weight excluding hydrogens is 554 g/mol. The molecule has 12 nitrogen and oxygen atoms in total. The van der Waals surface area contributed by atoms with Crippen molar-refractivity contribution in [3.05, 3.63) is 118 Å². The molecule has 0 unspecified atom stereocenters. The van der Waals surface area contributed by atoms with Gasteiger partial charge in [0, 0.05) is 23.6 Å². The fourth-order valence-corrected chi connectivity index (χ4v) is 4.91. The largest absolute Gasteiger partial charge is 0.333 e. The van der Waals surface area contributed by atoms with Crippen molar-refractivity contribution in [2.75, 3.05) is 10.0 Å². The topological polar surface area (TPSA) is 168 Å². The van der Waals surface area contributed by atoms with Crippen LogP contribution >= 0.6 is 12.2 Å². The second-order valence-electron chi connectivity index (χ2n) is 8.27. The zero-order valence-corrected chi connectivity index (χ0v) is 22.0. The van der Waals surface area contributed by atoms with Crippen LogP contribution in [0.15, 0.2) is 106 Å². The number of carbonyl (C=O) groups is 1. The lowest BCUT2D eigenvalue weighted by atomic mass is 10.2. The van der Waals surface area contributed by atoms with Gasteiger partial charge in [-0.25, -0.2) is 32.5 Å². The van der Waals surface area contributed by atoms with Gasteiger partial charge >= 0.3 is 5.69 Å². The van der Waals surface area contributed by atoms with Gasteiger partial charge in [0.05, 0.1) is 21.5 Å². The molecule has 0 bridgehead atoms. The number of H-pyrrole nitrogens is 1. The van der Waals surface area contributed by atoms with Gasteiger partial charge in [-0.05, 0) is 78.9 Å². The van der Waals surface area contributed by atoms with Gasteiger partial charge in [-0.1, -0.05) is 12.1 Å². The van der Waals surface area contributed by atoms with Crippen molar-refractivity contribution in [2.24, 2.45) is 0 Å². The van der Waals surface area contributed by atoms with Crippen LogP contribution in [0.2, 0.25) is 0 Å². The number of sulfonamides is 1. The average molecular weight is 574 g/mol. The van der Waals surface area contributed by atoms with Gasteiger partial charge in [0.2, 0.25) is 5.95 Å². The van der Waals surface area contributed by atoms with E-state index in [0.29, 0.717) is 16.6 Å². The highest BCUT2D eigenvalue weighted by molar-refractivity contribution is 7.92. The summed E-state index contributed by atoms with van der Waals surface area (Å²) < 4.78 is 28.3. The lowest BCUT2D eigenvalue weighted by Crippen LogP contribution is -2.34. The standard InChI is InChI=1S/C26H19N7O5S2/c34-22(16-6-10-18(11-7-16)33-23(35)20-4-1-2-5-21(20)30-26(33)36)31-25(39)29-17-8-12-19(13-9-17)40(37,38)32-24-27-14-3-15-28-24/h1-15H,(H,30,36)(H,27,28,32)(H2,29,31,34,39). The number of rotatable bonds is 6. The highest BCUT2D eigenvalue weighted by Crippen LogP contribution is 2.16. The number of fused-ring (bicyclic) bond motifs is 1. The number of hydrogen-bond acceptors (Lipinski definition) is 8. The van der Waals surface area contributed by atoms with Crippen LogP contribution in [0.3, 0.4) is 0 Å². The third-order valence-electron chi connectivity index (χ3n) is 5.63. The lowest BCUT2D eigenvalue weighted by molar-refractivity contribution is 0.0977. The molecular formula is C26H19N7O5S2. The van der Waals surface area contributed by atoms with Crippen molar-refractivity contribution >= 4 is 55.8 Å². The first-order chi connectivity index (χ1) is 19.2. The number of benzene rings is 3. The van der Waals surface area contributed by atoms with E-state index < -0.39 is 27.2 Å². The summed E-state index contributed by atoms with van der Waals surface area (Å²) in [4.78, 5) is 48.4. The van der Waals surface area contributed by atoms with Crippen molar-refractivity contribution in [1.29, 1.82) is 0 Å². The molecule has 4 N–H and O–H groups in total. The van der Waals surface area contributed by atoms with Gasteiger partial charge in [0.25, 0.3) is 21.5 Å². The molecule has 40 heavy (non-hydrogen) atoms. The van der Waals surface area contributed by atoms with E-state index in [1.807, 2.05) is 0 Å². The minimum Gasteiger partial charge on any atom is -0.332 e.